The Kier molecular flexibility index (Phi) is 4.78. The van der Waals surface area contributed by atoms with Gasteiger partial charge in [0.25, 0.3) is 0 Å². The molecule has 1 rings (SSSR count). The van der Waals surface area contributed by atoms with Crippen molar-refractivity contribution in [1.82, 2.24) is 0 Å². The van der Waals surface area contributed by atoms with Gasteiger partial charge in [0.05, 0.1) is 19.1 Å². The average Bonchev–Trinajstić information content (AvgIpc) is 2.30. The molecule has 3 atom stereocenters. The molecule has 7 nitrogen and oxygen atoms in total. The van der Waals surface area contributed by atoms with Crippen molar-refractivity contribution in [2.45, 2.75) is 38.3 Å². The molecule has 7 heteroatoms. The molecule has 0 aromatic heterocycles. The number of carbonyl (C=O) groups is 2. The van der Waals surface area contributed by atoms with Gasteiger partial charge in [-0.3, -0.25) is 9.59 Å². The van der Waals surface area contributed by atoms with E-state index in [1.165, 1.54) is 14.0 Å². The summed E-state index contributed by atoms with van der Waals surface area (Å²) in [5.74, 6) is -1.06. The maximum absolute atomic E-state index is 11.4. The van der Waals surface area contributed by atoms with Crippen molar-refractivity contribution in [3.05, 3.63) is 10.4 Å². The number of hydrogen-bond donors (Lipinski definition) is 0. The van der Waals surface area contributed by atoms with Gasteiger partial charge < -0.3 is 9.47 Å². The highest BCUT2D eigenvalue weighted by molar-refractivity contribution is 5.72. The van der Waals surface area contributed by atoms with Crippen LogP contribution in [0, 0.1) is 5.92 Å². The summed E-state index contributed by atoms with van der Waals surface area (Å²) in [6.45, 7) is 1.29. The summed E-state index contributed by atoms with van der Waals surface area (Å²) in [5, 5.41) is 3.59. The third-order valence-electron chi connectivity index (χ3n) is 2.81. The van der Waals surface area contributed by atoms with Crippen LogP contribution in [0.3, 0.4) is 0 Å². The molecule has 0 bridgehead atoms. The minimum atomic E-state index is -0.541. The summed E-state index contributed by atoms with van der Waals surface area (Å²) < 4.78 is 9.73. The molecular formula is C10H15N3O4. The first-order chi connectivity index (χ1) is 8.08. The fraction of sp³-hybridized carbons (Fsp3) is 0.800. The molecule has 1 saturated carbocycles. The van der Waals surface area contributed by atoms with Crippen LogP contribution in [-0.4, -0.2) is 31.2 Å². The number of hydrogen-bond acceptors (Lipinski definition) is 5. The molecule has 0 aromatic carbocycles. The molecule has 0 radical (unpaired) electrons. The zero-order valence-corrected chi connectivity index (χ0v) is 9.83. The molecule has 0 heterocycles. The molecule has 0 saturated heterocycles. The van der Waals surface area contributed by atoms with E-state index in [1.54, 1.807) is 0 Å². The molecule has 0 aromatic rings. The Morgan fingerprint density at radius 3 is 2.65 bits per heavy atom. The molecule has 0 N–H and O–H groups in total. The van der Waals surface area contributed by atoms with Crippen LogP contribution in [0.4, 0.5) is 0 Å². The predicted octanol–water partition coefficient (Wildman–Crippen LogP) is 1.57. The van der Waals surface area contributed by atoms with E-state index in [4.69, 9.17) is 10.3 Å². The second-order valence-electron chi connectivity index (χ2n) is 3.95. The van der Waals surface area contributed by atoms with Crippen LogP contribution in [0.1, 0.15) is 26.2 Å². The molecule has 1 aliphatic rings. The lowest BCUT2D eigenvalue weighted by Gasteiger charge is -2.31. The molecular weight excluding hydrogens is 226 g/mol. The number of carbonyl (C=O) groups excluding carboxylic acids is 2. The summed E-state index contributed by atoms with van der Waals surface area (Å²) >= 11 is 0. The fourth-order valence-corrected chi connectivity index (χ4v) is 2.03. The van der Waals surface area contributed by atoms with Crippen molar-refractivity contribution in [2.75, 3.05) is 7.11 Å². The number of esters is 2. The van der Waals surface area contributed by atoms with E-state index in [2.05, 4.69) is 14.8 Å². The quantitative estimate of drug-likeness (QED) is 0.324. The van der Waals surface area contributed by atoms with Crippen LogP contribution in [-0.2, 0) is 19.1 Å². The summed E-state index contributed by atoms with van der Waals surface area (Å²) in [6, 6.07) is -0.398. The normalized spacial score (nSPS) is 27.8. The maximum atomic E-state index is 11.4. The number of nitrogens with zero attached hydrogens (tertiary/aromatic N) is 3. The monoisotopic (exact) mass is 241 g/mol. The number of rotatable bonds is 3. The van der Waals surface area contributed by atoms with Crippen molar-refractivity contribution in [3.63, 3.8) is 0 Å². The van der Waals surface area contributed by atoms with Crippen LogP contribution >= 0.6 is 0 Å². The van der Waals surface area contributed by atoms with Gasteiger partial charge in [0.1, 0.15) is 6.10 Å². The van der Waals surface area contributed by atoms with Gasteiger partial charge in [0, 0.05) is 11.8 Å². The van der Waals surface area contributed by atoms with Gasteiger partial charge in [-0.2, -0.15) is 0 Å². The van der Waals surface area contributed by atoms with Crippen LogP contribution < -0.4 is 0 Å². The molecule has 17 heavy (non-hydrogen) atoms. The first kappa shape index (κ1) is 13.3. The highest BCUT2D eigenvalue weighted by Gasteiger charge is 2.35. The lowest BCUT2D eigenvalue weighted by Crippen LogP contribution is -2.38. The third-order valence-corrected chi connectivity index (χ3v) is 2.81. The van der Waals surface area contributed by atoms with E-state index in [-0.39, 0.29) is 11.9 Å². The molecule has 0 aliphatic heterocycles. The van der Waals surface area contributed by atoms with Gasteiger partial charge in [0.15, 0.2) is 0 Å². The topological polar surface area (TPSA) is 101 Å². The van der Waals surface area contributed by atoms with Gasteiger partial charge in [-0.1, -0.05) is 5.11 Å². The number of ether oxygens (including phenoxy) is 2. The van der Waals surface area contributed by atoms with E-state index in [0.717, 1.165) is 0 Å². The second kappa shape index (κ2) is 6.10. The maximum Gasteiger partial charge on any atom is 0.308 e. The molecule has 0 unspecified atom stereocenters. The van der Waals surface area contributed by atoms with Gasteiger partial charge in [-0.25, -0.2) is 0 Å². The van der Waals surface area contributed by atoms with Crippen molar-refractivity contribution in [3.8, 4) is 0 Å². The minimum absolute atomic E-state index is 0.297. The molecule has 0 spiro atoms. The SMILES string of the molecule is COC(=O)[C@H]1CC[C@H](N=[N+]=[N-])[C@@H](OC(C)=O)C1. The van der Waals surface area contributed by atoms with Crippen molar-refractivity contribution in [2.24, 2.45) is 11.0 Å². The molecule has 1 fully saturated rings. The Balaban J connectivity index is 2.72. The van der Waals surface area contributed by atoms with Gasteiger partial charge in [0.2, 0.25) is 0 Å². The third kappa shape index (κ3) is 3.64. The predicted molar refractivity (Wildman–Crippen MR) is 57.8 cm³/mol. The smallest absolute Gasteiger partial charge is 0.308 e. The molecule has 0 amide bonds. The zero-order valence-electron chi connectivity index (χ0n) is 9.83. The second-order valence-corrected chi connectivity index (χ2v) is 3.95. The van der Waals surface area contributed by atoms with E-state index in [9.17, 15) is 9.59 Å². The van der Waals surface area contributed by atoms with E-state index in [0.29, 0.717) is 19.3 Å². The van der Waals surface area contributed by atoms with Gasteiger partial charge in [-0.15, -0.1) is 0 Å². The molecule has 94 valence electrons. The minimum Gasteiger partial charge on any atom is -0.469 e. The Labute approximate surface area is 98.7 Å². The standard InChI is InChI=1S/C10H15N3O4/c1-6(14)17-9-5-7(10(15)16-2)3-4-8(9)12-13-11/h7-9H,3-5H2,1-2H3/t7-,8-,9-/m0/s1. The Morgan fingerprint density at radius 2 is 2.12 bits per heavy atom. The molecule has 1 aliphatic carbocycles. The number of azide groups is 1. The Bertz CT molecular complexity index is 351. The van der Waals surface area contributed by atoms with E-state index in [1.807, 2.05) is 0 Å². The largest absolute Gasteiger partial charge is 0.469 e. The van der Waals surface area contributed by atoms with E-state index >= 15 is 0 Å². The van der Waals surface area contributed by atoms with Crippen LogP contribution in [0.25, 0.3) is 10.4 Å². The van der Waals surface area contributed by atoms with Crippen molar-refractivity contribution < 1.29 is 19.1 Å². The first-order valence-corrected chi connectivity index (χ1v) is 5.37. The van der Waals surface area contributed by atoms with Crippen molar-refractivity contribution in [1.29, 1.82) is 0 Å². The highest BCUT2D eigenvalue weighted by Crippen LogP contribution is 2.29. The van der Waals surface area contributed by atoms with Gasteiger partial charge in [-0.05, 0) is 24.8 Å². The summed E-state index contributed by atoms with van der Waals surface area (Å²) in [7, 11) is 1.32. The fourth-order valence-electron chi connectivity index (χ4n) is 2.03. The number of methoxy groups -OCH3 is 1. The zero-order chi connectivity index (χ0) is 12.8. The highest BCUT2D eigenvalue weighted by atomic mass is 16.5. The summed E-state index contributed by atoms with van der Waals surface area (Å²) in [4.78, 5) is 25.1. The lowest BCUT2D eigenvalue weighted by atomic mass is 9.84. The Hall–Kier alpha value is -1.75. The Morgan fingerprint density at radius 1 is 1.41 bits per heavy atom. The summed E-state index contributed by atoms with van der Waals surface area (Å²) in [6.07, 6.45) is 0.896. The summed E-state index contributed by atoms with van der Waals surface area (Å²) in [5.41, 5.74) is 8.42. The van der Waals surface area contributed by atoms with Crippen LogP contribution in [0.2, 0.25) is 0 Å². The van der Waals surface area contributed by atoms with E-state index < -0.39 is 18.1 Å². The first-order valence-electron chi connectivity index (χ1n) is 5.37. The van der Waals surface area contributed by atoms with Gasteiger partial charge >= 0.3 is 11.9 Å². The lowest BCUT2D eigenvalue weighted by molar-refractivity contribution is -0.156. The average molecular weight is 241 g/mol. The van der Waals surface area contributed by atoms with Crippen LogP contribution in [0.15, 0.2) is 5.11 Å². The van der Waals surface area contributed by atoms with Crippen LogP contribution in [0.5, 0.6) is 0 Å². The van der Waals surface area contributed by atoms with Crippen molar-refractivity contribution >= 4 is 11.9 Å².